The lowest BCUT2D eigenvalue weighted by Crippen LogP contribution is -2.66. The van der Waals surface area contributed by atoms with Gasteiger partial charge in [0.2, 0.25) is 0 Å². The number of hydrogen-bond acceptors (Lipinski definition) is 13. The predicted molar refractivity (Wildman–Crippen MR) is 321 cm³/mol. The fourth-order valence-corrected chi connectivity index (χ4v) is 14.1. The Labute approximate surface area is 492 Å². The van der Waals surface area contributed by atoms with E-state index < -0.39 is 89.5 Å². The van der Waals surface area contributed by atoms with Gasteiger partial charge >= 0.3 is 11.9 Å². The third-order valence-corrected chi connectivity index (χ3v) is 19.1. The summed E-state index contributed by atoms with van der Waals surface area (Å²) in [5.41, 5.74) is 2.58. The minimum Gasteiger partial charge on any atom is -0.508 e. The molecule has 15 nitrogen and oxygen atoms in total. The monoisotopic (exact) mass is 1150 g/mol. The molecule has 3 aromatic rings. The number of carbonyl (C=O) groups is 2. The minimum absolute atomic E-state index is 0.00379. The van der Waals surface area contributed by atoms with Crippen molar-refractivity contribution in [2.45, 2.75) is 235 Å². The van der Waals surface area contributed by atoms with Crippen molar-refractivity contribution in [1.29, 1.82) is 0 Å². The Bertz CT molecular complexity index is 2720. The van der Waals surface area contributed by atoms with Crippen LogP contribution in [-0.2, 0) is 48.1 Å². The van der Waals surface area contributed by atoms with Gasteiger partial charge in [0.05, 0.1) is 60.1 Å². The van der Waals surface area contributed by atoms with E-state index in [0.717, 1.165) is 59.1 Å². The highest BCUT2D eigenvalue weighted by Gasteiger charge is 2.50. The number of hydrogen-bond donors (Lipinski definition) is 13. The number of carboxylic acid groups (broad SMARTS) is 2. The third-order valence-electron chi connectivity index (χ3n) is 19.1. The van der Waals surface area contributed by atoms with Crippen LogP contribution < -0.4 is 10.6 Å². The first-order valence-corrected chi connectivity index (χ1v) is 30.9. The van der Waals surface area contributed by atoms with Crippen LogP contribution >= 0.6 is 0 Å². The van der Waals surface area contributed by atoms with Gasteiger partial charge in [-0.2, -0.15) is 0 Å². The van der Waals surface area contributed by atoms with Crippen molar-refractivity contribution in [2.24, 2.45) is 17.3 Å². The fourth-order valence-electron chi connectivity index (χ4n) is 14.1. The van der Waals surface area contributed by atoms with Gasteiger partial charge in [0.25, 0.3) is 0 Å². The zero-order valence-corrected chi connectivity index (χ0v) is 49.3. The maximum absolute atomic E-state index is 13.9. The van der Waals surface area contributed by atoms with Gasteiger partial charge in [-0.05, 0) is 185 Å². The Balaban J connectivity index is 1.58. The molecule has 456 valence electrons. The highest BCUT2D eigenvalue weighted by molar-refractivity contribution is 5.75. The van der Waals surface area contributed by atoms with E-state index in [2.05, 4.69) is 22.5 Å². The van der Waals surface area contributed by atoms with E-state index in [-0.39, 0.29) is 76.2 Å². The molecule has 4 heterocycles. The summed E-state index contributed by atoms with van der Waals surface area (Å²) in [6.07, 6.45) is 6.58. The Hall–Kier alpha value is -4.96. The molecule has 0 unspecified atom stereocenters. The number of benzene rings is 3. The van der Waals surface area contributed by atoms with Crippen LogP contribution in [0.4, 0.5) is 0 Å². The molecule has 6 bridgehead atoms. The topological polar surface area (TPSA) is 281 Å². The van der Waals surface area contributed by atoms with Crippen molar-refractivity contribution >= 4 is 11.9 Å². The Kier molecular flexibility index (Phi) is 24.0. The van der Waals surface area contributed by atoms with E-state index in [1.54, 1.807) is 43.3 Å². The lowest BCUT2D eigenvalue weighted by molar-refractivity contribution is -0.151. The standard InChI is InChI=1S/C68H96N2O13/c1-4-5-17-59(75)60(76)30-25-49-24-23-48-15-11-14-47(13-7-10-35-71)54(48)16-12-34-68(66(3,83)40-45-20-26-52(73)27-21-45)41-46-19-22-50(51(36-46)42-67(65(81)82)32-8-6-9-33-67)37-62(78)55-28-18-44(2)69-64(57(55)39-63(79)80)61(77)31-29-58(70-68)56(49)38-53(74)43-72/h11,14-15,19-22,25-27,30,36,44,53,55,57-62,64,69-78,83H,4-10,13,17-18,23-24,28-29,31-35,37-43H2,1-3H3,(H,79,80)(H,81,82)/b30-25+,56-49+/t44-,53-,55+,57+,58+,59-,60+,61+,62+,64+,66-,68+/m0/s1. The van der Waals surface area contributed by atoms with Gasteiger partial charge in [-0.15, -0.1) is 0 Å². The molecule has 0 radical (unpaired) electrons. The van der Waals surface area contributed by atoms with Crippen LogP contribution in [0.1, 0.15) is 175 Å². The van der Waals surface area contributed by atoms with Crippen molar-refractivity contribution in [2.75, 3.05) is 13.2 Å². The third kappa shape index (κ3) is 17.2. The summed E-state index contributed by atoms with van der Waals surface area (Å²) in [4.78, 5) is 26.6. The highest BCUT2D eigenvalue weighted by Crippen LogP contribution is 2.44. The largest absolute Gasteiger partial charge is 0.508 e. The first-order valence-electron chi connectivity index (χ1n) is 30.9. The van der Waals surface area contributed by atoms with Gasteiger partial charge in [-0.1, -0.05) is 112 Å². The van der Waals surface area contributed by atoms with Crippen molar-refractivity contribution in [1.82, 2.24) is 10.6 Å². The molecule has 0 amide bonds. The molecule has 5 aliphatic rings. The average molecular weight is 1150 g/mol. The van der Waals surface area contributed by atoms with Crippen LogP contribution in [0.5, 0.6) is 5.75 Å². The van der Waals surface area contributed by atoms with E-state index >= 15 is 0 Å². The van der Waals surface area contributed by atoms with E-state index in [0.29, 0.717) is 87.3 Å². The van der Waals surface area contributed by atoms with Crippen LogP contribution in [-0.4, -0.2) is 141 Å². The molecule has 13 N–H and O–H groups in total. The number of aryl methyl sites for hydroxylation is 2. The summed E-state index contributed by atoms with van der Waals surface area (Å²) in [5.74, 6) is 3.94. The van der Waals surface area contributed by atoms with Crippen molar-refractivity contribution in [3.63, 3.8) is 0 Å². The second-order valence-electron chi connectivity index (χ2n) is 25.3. The maximum Gasteiger partial charge on any atom is 0.309 e. The quantitative estimate of drug-likeness (QED) is 0.0368. The van der Waals surface area contributed by atoms with Gasteiger partial charge in [0, 0.05) is 43.1 Å². The molecule has 0 aromatic heterocycles. The minimum atomic E-state index is -1.75. The number of phenols is 1. The summed E-state index contributed by atoms with van der Waals surface area (Å²) in [7, 11) is 0. The fraction of sp³-hybridized carbons (Fsp3) is 0.618. The first-order chi connectivity index (χ1) is 39.7. The number of nitrogens with one attached hydrogen (secondary N) is 2. The van der Waals surface area contributed by atoms with E-state index in [9.17, 15) is 65.8 Å². The zero-order chi connectivity index (χ0) is 59.9. The average Bonchev–Trinajstić information content (AvgIpc) is 3.73. The number of aliphatic hydroxyl groups is 8. The van der Waals surface area contributed by atoms with Crippen LogP contribution in [0.15, 0.2) is 84.0 Å². The van der Waals surface area contributed by atoms with E-state index in [1.165, 1.54) is 0 Å². The maximum atomic E-state index is 13.9. The second-order valence-corrected chi connectivity index (χ2v) is 25.3. The normalized spacial score (nSPS) is 28.0. The summed E-state index contributed by atoms with van der Waals surface area (Å²) in [6, 6.07) is 16.8. The number of allylic oxidation sites excluding steroid dienone is 2. The molecule has 1 aliphatic carbocycles. The van der Waals surface area contributed by atoms with Crippen molar-refractivity contribution in [3.8, 4) is 17.6 Å². The molecule has 8 rings (SSSR count). The molecule has 3 aromatic carbocycles. The SMILES string of the molecule is CCCC[C@H](O)[C@H](O)/C=C/C1=C(\C[C@H](O)CO)[C@H]2CC[C@@H](O)[C@@H]3N[C@@H](C)CC[C@H]([C@H]3CC(=O)O)[C@H](O)Cc3ccc(cc3CC3(C(=O)O)CCCCC3)C[C@@]([C@@](C)(O)Cc3ccc(O)cc3)(CC#Cc3c(CCCCO)cccc3CC1)N2. The molecular weight excluding hydrogens is 1050 g/mol. The van der Waals surface area contributed by atoms with Gasteiger partial charge in [-0.3, -0.25) is 9.59 Å². The molecule has 15 heteroatoms. The van der Waals surface area contributed by atoms with Crippen LogP contribution in [0.3, 0.4) is 0 Å². The van der Waals surface area contributed by atoms with Gasteiger partial charge in [0.1, 0.15) is 5.75 Å². The van der Waals surface area contributed by atoms with Crippen molar-refractivity contribution in [3.05, 3.63) is 123 Å². The molecular formula is C68H96N2O13. The number of aliphatic carboxylic acids is 2. The molecule has 83 heavy (non-hydrogen) atoms. The van der Waals surface area contributed by atoms with Gasteiger partial charge < -0.3 is 66.8 Å². The number of phenolic OH excluding ortho intramolecular Hbond substituents is 1. The number of rotatable bonds is 21. The number of unbranched alkanes of at least 4 members (excludes halogenated alkanes) is 2. The molecule has 1 saturated heterocycles. The summed E-state index contributed by atoms with van der Waals surface area (Å²) >= 11 is 0. The van der Waals surface area contributed by atoms with Crippen LogP contribution in [0.2, 0.25) is 0 Å². The van der Waals surface area contributed by atoms with E-state index in [4.69, 9.17) is 0 Å². The van der Waals surface area contributed by atoms with Crippen LogP contribution in [0, 0.1) is 29.1 Å². The summed E-state index contributed by atoms with van der Waals surface area (Å²) in [6.45, 7) is 5.17. The Morgan fingerprint density at radius 2 is 1.64 bits per heavy atom. The Morgan fingerprint density at radius 3 is 2.34 bits per heavy atom. The molecule has 4 aliphatic heterocycles. The number of aromatic hydroxyl groups is 1. The van der Waals surface area contributed by atoms with Crippen molar-refractivity contribution < 1.29 is 65.8 Å². The molecule has 2 fully saturated rings. The molecule has 0 spiro atoms. The lowest BCUT2D eigenvalue weighted by Gasteiger charge is -2.49. The Morgan fingerprint density at radius 1 is 0.880 bits per heavy atom. The summed E-state index contributed by atoms with van der Waals surface area (Å²) in [5, 5.41) is 134. The highest BCUT2D eigenvalue weighted by atomic mass is 16.4. The summed E-state index contributed by atoms with van der Waals surface area (Å²) < 4.78 is 0. The smallest absolute Gasteiger partial charge is 0.309 e. The predicted octanol–water partition coefficient (Wildman–Crippen LogP) is 7.32. The van der Waals surface area contributed by atoms with E-state index in [1.807, 2.05) is 50.2 Å². The lowest BCUT2D eigenvalue weighted by atomic mass is 9.68. The molecule has 12 atom stereocenters. The second kappa shape index (κ2) is 30.4. The van der Waals surface area contributed by atoms with Gasteiger partial charge in [-0.25, -0.2) is 0 Å². The zero-order valence-electron chi connectivity index (χ0n) is 49.3. The number of fused-ring (bicyclic) bond motifs is 6. The van der Waals surface area contributed by atoms with Gasteiger partial charge in [0.15, 0.2) is 0 Å². The number of aliphatic hydroxyl groups excluding tert-OH is 7. The van der Waals surface area contributed by atoms with Crippen LogP contribution in [0.25, 0.3) is 0 Å². The molecule has 1 saturated carbocycles. The number of carboxylic acids is 2. The first kappa shape index (κ1) is 65.6.